The third kappa shape index (κ3) is 3.35. The number of nitriles is 1. The van der Waals surface area contributed by atoms with E-state index in [1.165, 1.54) is 4.90 Å². The normalized spacial score (nSPS) is 14.6. The number of nitrogens with two attached hydrogens (primary N) is 1. The first-order chi connectivity index (χ1) is 5.49. The van der Waals surface area contributed by atoms with Crippen molar-refractivity contribution in [3.05, 3.63) is 0 Å². The van der Waals surface area contributed by atoms with Crippen LogP contribution in [0.4, 0.5) is 0 Å². The summed E-state index contributed by atoms with van der Waals surface area (Å²) < 4.78 is 0. The molecule has 0 rings (SSSR count). The average molecular weight is 169 g/mol. The maximum Gasteiger partial charge on any atom is 0.238 e. The van der Waals surface area contributed by atoms with E-state index in [1.54, 1.807) is 20.9 Å². The minimum atomic E-state index is -0.485. The minimum absolute atomic E-state index is 0.128. The lowest BCUT2D eigenvalue weighted by molar-refractivity contribution is -0.131. The molecule has 0 aliphatic heterocycles. The van der Waals surface area contributed by atoms with Gasteiger partial charge in [-0.3, -0.25) is 4.79 Å². The number of likely N-dealkylation sites (N-methyl/N-ethyl adjacent to an activating group) is 1. The van der Waals surface area contributed by atoms with Gasteiger partial charge in [-0.25, -0.2) is 0 Å². The molecule has 0 fully saturated rings. The zero-order valence-electron chi connectivity index (χ0n) is 7.74. The summed E-state index contributed by atoms with van der Waals surface area (Å²) in [6, 6.07) is 1.57. The van der Waals surface area contributed by atoms with Gasteiger partial charge >= 0.3 is 0 Å². The molecule has 0 aromatic carbocycles. The molecule has 0 bridgehead atoms. The van der Waals surface area contributed by atoms with Crippen LogP contribution in [0.3, 0.4) is 0 Å². The van der Waals surface area contributed by atoms with Crippen LogP contribution in [0.15, 0.2) is 0 Å². The topological polar surface area (TPSA) is 70.1 Å². The number of hydrogen-bond acceptors (Lipinski definition) is 3. The monoisotopic (exact) mass is 169 g/mol. The standard InChI is InChI=1S/C8H15N3O/c1-6(4-9)5-11(3)8(12)7(2)10/h6-7H,5,10H2,1-3H3. The molecule has 0 aromatic rings. The van der Waals surface area contributed by atoms with E-state index < -0.39 is 6.04 Å². The second kappa shape index (κ2) is 4.73. The van der Waals surface area contributed by atoms with Gasteiger partial charge < -0.3 is 10.6 Å². The molecule has 4 nitrogen and oxygen atoms in total. The lowest BCUT2D eigenvalue weighted by Gasteiger charge is -2.19. The van der Waals surface area contributed by atoms with Crippen molar-refractivity contribution in [1.29, 1.82) is 5.26 Å². The second-order valence-corrected chi connectivity index (χ2v) is 3.04. The molecule has 2 unspecified atom stereocenters. The third-order valence-electron chi connectivity index (χ3n) is 1.53. The van der Waals surface area contributed by atoms with Crippen molar-refractivity contribution in [2.24, 2.45) is 11.7 Å². The van der Waals surface area contributed by atoms with E-state index in [4.69, 9.17) is 11.0 Å². The Kier molecular flexibility index (Phi) is 4.30. The summed E-state index contributed by atoms with van der Waals surface area (Å²) in [4.78, 5) is 12.7. The first-order valence-corrected chi connectivity index (χ1v) is 3.89. The molecule has 68 valence electrons. The van der Waals surface area contributed by atoms with Crippen molar-refractivity contribution in [2.75, 3.05) is 13.6 Å². The molecule has 2 atom stereocenters. The number of carbonyl (C=O) groups is 1. The molecule has 0 aliphatic rings. The van der Waals surface area contributed by atoms with Crippen LogP contribution in [-0.4, -0.2) is 30.4 Å². The summed E-state index contributed by atoms with van der Waals surface area (Å²) in [6.07, 6.45) is 0. The Labute approximate surface area is 72.9 Å². The van der Waals surface area contributed by atoms with E-state index in [0.29, 0.717) is 6.54 Å². The van der Waals surface area contributed by atoms with Crippen LogP contribution >= 0.6 is 0 Å². The molecule has 0 heterocycles. The van der Waals surface area contributed by atoms with Crippen LogP contribution < -0.4 is 5.73 Å². The largest absolute Gasteiger partial charge is 0.343 e. The first kappa shape index (κ1) is 10.9. The highest BCUT2D eigenvalue weighted by molar-refractivity contribution is 5.80. The first-order valence-electron chi connectivity index (χ1n) is 3.89. The molecular weight excluding hydrogens is 154 g/mol. The average Bonchev–Trinajstić information content (AvgIpc) is 2.02. The Morgan fingerprint density at radius 1 is 1.67 bits per heavy atom. The molecule has 0 spiro atoms. The van der Waals surface area contributed by atoms with Crippen LogP contribution in [0.5, 0.6) is 0 Å². The summed E-state index contributed by atoms with van der Waals surface area (Å²) in [5, 5.41) is 8.48. The highest BCUT2D eigenvalue weighted by Gasteiger charge is 2.14. The van der Waals surface area contributed by atoms with Gasteiger partial charge in [-0.1, -0.05) is 0 Å². The SMILES string of the molecule is CC(C#N)CN(C)C(=O)C(C)N. The van der Waals surface area contributed by atoms with Gasteiger partial charge in [-0.2, -0.15) is 5.26 Å². The highest BCUT2D eigenvalue weighted by Crippen LogP contribution is 1.97. The number of nitrogens with zero attached hydrogens (tertiary/aromatic N) is 2. The quantitative estimate of drug-likeness (QED) is 0.644. The van der Waals surface area contributed by atoms with E-state index in [0.717, 1.165) is 0 Å². The van der Waals surface area contributed by atoms with Crippen molar-refractivity contribution in [1.82, 2.24) is 4.90 Å². The fraction of sp³-hybridized carbons (Fsp3) is 0.750. The van der Waals surface area contributed by atoms with Crippen LogP contribution in [0.25, 0.3) is 0 Å². The van der Waals surface area contributed by atoms with Crippen molar-refractivity contribution in [3.63, 3.8) is 0 Å². The van der Waals surface area contributed by atoms with Gasteiger partial charge in [0.15, 0.2) is 0 Å². The Morgan fingerprint density at radius 2 is 2.17 bits per heavy atom. The van der Waals surface area contributed by atoms with E-state index in [1.807, 2.05) is 0 Å². The second-order valence-electron chi connectivity index (χ2n) is 3.04. The molecule has 2 N–H and O–H groups in total. The van der Waals surface area contributed by atoms with Gasteiger partial charge in [0.1, 0.15) is 0 Å². The van der Waals surface area contributed by atoms with Crippen LogP contribution in [0.2, 0.25) is 0 Å². The molecular formula is C8H15N3O. The maximum atomic E-state index is 11.2. The number of amides is 1. The van der Waals surface area contributed by atoms with Crippen molar-refractivity contribution in [3.8, 4) is 6.07 Å². The van der Waals surface area contributed by atoms with E-state index in [-0.39, 0.29) is 11.8 Å². The Hall–Kier alpha value is -1.08. The minimum Gasteiger partial charge on any atom is -0.343 e. The predicted molar refractivity (Wildman–Crippen MR) is 46.1 cm³/mol. The molecule has 12 heavy (non-hydrogen) atoms. The molecule has 0 radical (unpaired) electrons. The Morgan fingerprint density at radius 3 is 2.50 bits per heavy atom. The highest BCUT2D eigenvalue weighted by atomic mass is 16.2. The van der Waals surface area contributed by atoms with Gasteiger partial charge in [0.25, 0.3) is 0 Å². The molecule has 0 aliphatic carbocycles. The fourth-order valence-electron chi connectivity index (χ4n) is 0.889. The van der Waals surface area contributed by atoms with E-state index in [9.17, 15) is 4.79 Å². The zero-order valence-corrected chi connectivity index (χ0v) is 7.74. The van der Waals surface area contributed by atoms with Gasteiger partial charge in [0.05, 0.1) is 18.0 Å². The molecule has 0 saturated heterocycles. The Bertz CT molecular complexity index is 195. The summed E-state index contributed by atoms with van der Waals surface area (Å²) >= 11 is 0. The number of hydrogen-bond donors (Lipinski definition) is 1. The van der Waals surface area contributed by atoms with Gasteiger partial charge in [-0.05, 0) is 13.8 Å². The fourth-order valence-corrected chi connectivity index (χ4v) is 0.889. The van der Waals surface area contributed by atoms with Crippen molar-refractivity contribution < 1.29 is 4.79 Å². The lowest BCUT2D eigenvalue weighted by Crippen LogP contribution is -2.41. The summed E-state index contributed by atoms with van der Waals surface area (Å²) in [5.41, 5.74) is 5.38. The van der Waals surface area contributed by atoms with Crippen LogP contribution in [0, 0.1) is 17.2 Å². The summed E-state index contributed by atoms with van der Waals surface area (Å²) in [5.74, 6) is -0.269. The van der Waals surface area contributed by atoms with Gasteiger partial charge in [0.2, 0.25) is 5.91 Å². The van der Waals surface area contributed by atoms with E-state index in [2.05, 4.69) is 6.07 Å². The van der Waals surface area contributed by atoms with E-state index >= 15 is 0 Å². The number of rotatable bonds is 3. The predicted octanol–water partition coefficient (Wildman–Crippen LogP) is -0.0483. The molecule has 1 amide bonds. The lowest BCUT2D eigenvalue weighted by atomic mass is 10.2. The summed E-state index contributed by atoms with van der Waals surface area (Å²) in [6.45, 7) is 3.84. The number of carbonyl (C=O) groups excluding carboxylic acids is 1. The van der Waals surface area contributed by atoms with Crippen LogP contribution in [-0.2, 0) is 4.79 Å². The maximum absolute atomic E-state index is 11.2. The zero-order chi connectivity index (χ0) is 9.72. The van der Waals surface area contributed by atoms with Crippen LogP contribution in [0.1, 0.15) is 13.8 Å². The van der Waals surface area contributed by atoms with Gasteiger partial charge in [0, 0.05) is 13.6 Å². The van der Waals surface area contributed by atoms with Gasteiger partial charge in [-0.15, -0.1) is 0 Å². The Balaban J connectivity index is 3.97. The smallest absolute Gasteiger partial charge is 0.238 e. The third-order valence-corrected chi connectivity index (χ3v) is 1.53. The summed E-state index contributed by atoms with van der Waals surface area (Å²) in [7, 11) is 1.65. The van der Waals surface area contributed by atoms with Crippen molar-refractivity contribution >= 4 is 5.91 Å². The molecule has 4 heteroatoms. The molecule has 0 saturated carbocycles. The molecule has 0 aromatic heterocycles. The van der Waals surface area contributed by atoms with Crippen molar-refractivity contribution in [2.45, 2.75) is 19.9 Å².